The molecular weight excluding hydrogens is 312 g/mol. The first-order valence-electron chi connectivity index (χ1n) is 10.5. The molecule has 2 fully saturated rings. The predicted octanol–water partition coefficient (Wildman–Crippen LogP) is 3.47. The molecule has 0 spiro atoms. The van der Waals surface area contributed by atoms with Crippen LogP contribution < -0.4 is 0 Å². The summed E-state index contributed by atoms with van der Waals surface area (Å²) in [5.74, 6) is 1.71. The first-order valence-corrected chi connectivity index (χ1v) is 10.5. The van der Waals surface area contributed by atoms with Crippen LogP contribution in [0.4, 0.5) is 0 Å². The quantitative estimate of drug-likeness (QED) is 0.661. The van der Waals surface area contributed by atoms with Crippen molar-refractivity contribution in [2.24, 2.45) is 11.8 Å². The van der Waals surface area contributed by atoms with E-state index in [4.69, 9.17) is 4.74 Å². The van der Waals surface area contributed by atoms with Crippen molar-refractivity contribution in [2.45, 2.75) is 57.8 Å². The molecule has 0 unspecified atom stereocenters. The van der Waals surface area contributed by atoms with Crippen molar-refractivity contribution in [1.82, 2.24) is 9.80 Å². The molecule has 1 atom stereocenters. The van der Waals surface area contributed by atoms with Gasteiger partial charge in [-0.05, 0) is 43.9 Å². The lowest BCUT2D eigenvalue weighted by atomic mass is 9.86. The zero-order valence-corrected chi connectivity index (χ0v) is 15.8. The Morgan fingerprint density at radius 1 is 1.04 bits per heavy atom. The molecule has 0 aromatic carbocycles. The number of nitrogens with zero attached hydrogens (tertiary/aromatic N) is 2. The number of ether oxygens (including phenoxy) is 1. The number of rotatable bonds is 7. The molecule has 25 heavy (non-hydrogen) atoms. The minimum absolute atomic E-state index is 0.412. The molecule has 1 aliphatic heterocycles. The van der Waals surface area contributed by atoms with Gasteiger partial charge in [-0.1, -0.05) is 31.4 Å². The maximum atomic E-state index is 13.0. The van der Waals surface area contributed by atoms with E-state index >= 15 is 0 Å². The number of hydrogen-bond donors (Lipinski definition) is 0. The van der Waals surface area contributed by atoms with Gasteiger partial charge < -0.3 is 9.64 Å². The molecule has 142 valence electrons. The van der Waals surface area contributed by atoms with E-state index in [1.165, 1.54) is 44.9 Å². The third-order valence-corrected chi connectivity index (χ3v) is 6.19. The smallest absolute Gasteiger partial charge is 0.222 e. The molecule has 1 heterocycles. The average molecular weight is 349 g/mol. The highest BCUT2D eigenvalue weighted by molar-refractivity contribution is 5.76. The van der Waals surface area contributed by atoms with Crippen LogP contribution in [-0.4, -0.2) is 61.6 Å². The molecule has 3 aliphatic rings. The fraction of sp³-hybridized carbons (Fsp3) is 0.857. The maximum Gasteiger partial charge on any atom is 0.222 e. The minimum atomic E-state index is 0.412. The molecule has 0 aromatic rings. The topological polar surface area (TPSA) is 32.8 Å². The molecule has 0 aromatic heterocycles. The molecular formula is C21H36N2O2. The molecule has 1 saturated heterocycles. The van der Waals surface area contributed by atoms with E-state index < -0.39 is 0 Å². The van der Waals surface area contributed by atoms with E-state index in [1.54, 1.807) is 0 Å². The Labute approximate surface area is 153 Å². The SMILES string of the molecule is O=C(CC1CCCCC1)N(CCN1CCOCC1)C[C@H]1CC=CCC1. The summed E-state index contributed by atoms with van der Waals surface area (Å²) >= 11 is 0. The lowest BCUT2D eigenvalue weighted by Gasteiger charge is -2.33. The second kappa shape index (κ2) is 10.3. The van der Waals surface area contributed by atoms with Crippen LogP contribution in [0.3, 0.4) is 0 Å². The van der Waals surface area contributed by atoms with Crippen molar-refractivity contribution in [3.8, 4) is 0 Å². The van der Waals surface area contributed by atoms with Gasteiger partial charge in [0.05, 0.1) is 13.2 Å². The third-order valence-electron chi connectivity index (χ3n) is 6.19. The molecule has 1 saturated carbocycles. The molecule has 4 heteroatoms. The summed E-state index contributed by atoms with van der Waals surface area (Å²) in [6.07, 6.45) is 15.5. The van der Waals surface area contributed by atoms with Crippen LogP contribution in [0.25, 0.3) is 0 Å². The van der Waals surface area contributed by atoms with E-state index in [0.29, 0.717) is 17.7 Å². The largest absolute Gasteiger partial charge is 0.379 e. The number of carbonyl (C=O) groups is 1. The highest BCUT2D eigenvalue weighted by atomic mass is 16.5. The van der Waals surface area contributed by atoms with Gasteiger partial charge in [0, 0.05) is 39.1 Å². The summed E-state index contributed by atoms with van der Waals surface area (Å²) in [6, 6.07) is 0. The zero-order chi connectivity index (χ0) is 17.3. The monoisotopic (exact) mass is 348 g/mol. The fourth-order valence-electron chi connectivity index (χ4n) is 4.51. The summed E-state index contributed by atoms with van der Waals surface area (Å²) in [5.41, 5.74) is 0. The third kappa shape index (κ3) is 6.41. The van der Waals surface area contributed by atoms with Crippen molar-refractivity contribution in [1.29, 1.82) is 0 Å². The zero-order valence-electron chi connectivity index (χ0n) is 15.8. The molecule has 0 N–H and O–H groups in total. The van der Waals surface area contributed by atoms with Crippen molar-refractivity contribution < 1.29 is 9.53 Å². The maximum absolute atomic E-state index is 13.0. The van der Waals surface area contributed by atoms with Crippen molar-refractivity contribution in [3.63, 3.8) is 0 Å². The number of morpholine rings is 1. The molecule has 1 amide bonds. The van der Waals surface area contributed by atoms with E-state index in [1.807, 2.05) is 0 Å². The van der Waals surface area contributed by atoms with Gasteiger partial charge in [0.25, 0.3) is 0 Å². The molecule has 3 rings (SSSR count). The Bertz CT molecular complexity index is 426. The van der Waals surface area contributed by atoms with Crippen LogP contribution in [-0.2, 0) is 9.53 Å². The standard InChI is InChI=1S/C21H36N2O2/c24-21(17-19-7-3-1-4-8-19)23(18-20-9-5-2-6-10-20)12-11-22-13-15-25-16-14-22/h2,5,19-20H,1,3-4,6-18H2/t20-/m0/s1. The number of amides is 1. The summed E-state index contributed by atoms with van der Waals surface area (Å²) in [7, 11) is 0. The van der Waals surface area contributed by atoms with Gasteiger partial charge in [0.1, 0.15) is 0 Å². The van der Waals surface area contributed by atoms with E-state index in [9.17, 15) is 4.79 Å². The van der Waals surface area contributed by atoms with Crippen LogP contribution in [0.2, 0.25) is 0 Å². The van der Waals surface area contributed by atoms with Crippen LogP contribution in [0.1, 0.15) is 57.8 Å². The highest BCUT2D eigenvalue weighted by Gasteiger charge is 2.24. The Balaban J connectivity index is 1.51. The molecule has 0 radical (unpaired) electrons. The normalized spacial score (nSPS) is 25.8. The van der Waals surface area contributed by atoms with Crippen LogP contribution in [0, 0.1) is 11.8 Å². The average Bonchev–Trinajstić information content (AvgIpc) is 2.67. The van der Waals surface area contributed by atoms with Crippen molar-refractivity contribution >= 4 is 5.91 Å². The summed E-state index contributed by atoms with van der Waals surface area (Å²) in [5, 5.41) is 0. The van der Waals surface area contributed by atoms with E-state index in [-0.39, 0.29) is 0 Å². The molecule has 4 nitrogen and oxygen atoms in total. The Kier molecular flexibility index (Phi) is 7.81. The summed E-state index contributed by atoms with van der Waals surface area (Å²) in [6.45, 7) is 6.55. The van der Waals surface area contributed by atoms with E-state index in [2.05, 4.69) is 22.0 Å². The van der Waals surface area contributed by atoms with Gasteiger partial charge in [-0.25, -0.2) is 0 Å². The van der Waals surface area contributed by atoms with Gasteiger partial charge in [-0.15, -0.1) is 0 Å². The second-order valence-electron chi connectivity index (χ2n) is 8.15. The fourth-order valence-corrected chi connectivity index (χ4v) is 4.51. The van der Waals surface area contributed by atoms with Crippen molar-refractivity contribution in [3.05, 3.63) is 12.2 Å². The number of hydrogen-bond acceptors (Lipinski definition) is 3. The highest BCUT2D eigenvalue weighted by Crippen LogP contribution is 2.27. The lowest BCUT2D eigenvalue weighted by Crippen LogP contribution is -2.44. The van der Waals surface area contributed by atoms with Gasteiger partial charge in [-0.3, -0.25) is 9.69 Å². The van der Waals surface area contributed by atoms with Gasteiger partial charge in [0.15, 0.2) is 0 Å². The summed E-state index contributed by atoms with van der Waals surface area (Å²) < 4.78 is 5.45. The first-order chi connectivity index (χ1) is 12.3. The Morgan fingerprint density at radius 2 is 1.84 bits per heavy atom. The van der Waals surface area contributed by atoms with Gasteiger partial charge >= 0.3 is 0 Å². The summed E-state index contributed by atoms with van der Waals surface area (Å²) in [4.78, 5) is 17.7. The number of carbonyl (C=O) groups excluding carboxylic acids is 1. The van der Waals surface area contributed by atoms with Crippen LogP contribution in [0.15, 0.2) is 12.2 Å². The van der Waals surface area contributed by atoms with Crippen LogP contribution in [0.5, 0.6) is 0 Å². The second-order valence-corrected chi connectivity index (χ2v) is 8.15. The molecule has 0 bridgehead atoms. The molecule has 2 aliphatic carbocycles. The Morgan fingerprint density at radius 3 is 2.56 bits per heavy atom. The number of allylic oxidation sites excluding steroid dienone is 2. The van der Waals surface area contributed by atoms with Crippen molar-refractivity contribution in [2.75, 3.05) is 45.9 Å². The Hall–Kier alpha value is -0.870. The predicted molar refractivity (Wildman–Crippen MR) is 102 cm³/mol. The van der Waals surface area contributed by atoms with Gasteiger partial charge in [-0.2, -0.15) is 0 Å². The lowest BCUT2D eigenvalue weighted by molar-refractivity contribution is -0.133. The van der Waals surface area contributed by atoms with E-state index in [0.717, 1.165) is 58.8 Å². The van der Waals surface area contributed by atoms with Crippen LogP contribution >= 0.6 is 0 Å². The minimum Gasteiger partial charge on any atom is -0.379 e. The van der Waals surface area contributed by atoms with Gasteiger partial charge in [0.2, 0.25) is 5.91 Å². The first kappa shape index (κ1) is 18.9.